The highest BCUT2D eigenvalue weighted by atomic mass is 16.2. The van der Waals surface area contributed by atoms with E-state index in [0.29, 0.717) is 12.1 Å². The Balaban J connectivity index is 1.21. The van der Waals surface area contributed by atoms with Crippen LogP contribution in [0.5, 0.6) is 0 Å². The Morgan fingerprint density at radius 1 is 1.03 bits per heavy atom. The molecule has 2 saturated heterocycles. The first-order valence-corrected chi connectivity index (χ1v) is 12.2. The summed E-state index contributed by atoms with van der Waals surface area (Å²) in [6, 6.07) is 11.1. The van der Waals surface area contributed by atoms with E-state index in [4.69, 9.17) is 0 Å². The van der Waals surface area contributed by atoms with Crippen LogP contribution in [0, 0.1) is 5.92 Å². The summed E-state index contributed by atoms with van der Waals surface area (Å²) in [5, 5.41) is 0. The van der Waals surface area contributed by atoms with E-state index < -0.39 is 0 Å². The Morgan fingerprint density at radius 2 is 1.81 bits per heavy atom. The number of amides is 2. The second kappa shape index (κ2) is 10.6. The van der Waals surface area contributed by atoms with Gasteiger partial charge in [-0.2, -0.15) is 0 Å². The summed E-state index contributed by atoms with van der Waals surface area (Å²) in [6.07, 6.45) is 10.4. The van der Waals surface area contributed by atoms with Crippen LogP contribution in [0.15, 0.2) is 30.3 Å². The number of nitrogens with zero attached hydrogens (tertiary/aromatic N) is 2. The molecule has 0 spiro atoms. The van der Waals surface area contributed by atoms with Crippen molar-refractivity contribution in [3.05, 3.63) is 35.9 Å². The first kappa shape index (κ1) is 22.3. The first-order chi connectivity index (χ1) is 15.1. The number of carbonyl (C=O) groups is 2. The van der Waals surface area contributed by atoms with E-state index >= 15 is 0 Å². The Hall–Kier alpha value is -1.92. The van der Waals surface area contributed by atoms with E-state index in [0.717, 1.165) is 70.9 Å². The highest BCUT2D eigenvalue weighted by Crippen LogP contribution is 2.29. The minimum Gasteiger partial charge on any atom is -0.344 e. The van der Waals surface area contributed by atoms with Crippen LogP contribution in [0.2, 0.25) is 0 Å². The summed E-state index contributed by atoms with van der Waals surface area (Å²) in [4.78, 5) is 29.9. The van der Waals surface area contributed by atoms with Crippen LogP contribution < -0.4 is 10.9 Å². The van der Waals surface area contributed by atoms with Crippen molar-refractivity contribution >= 4 is 11.8 Å². The molecule has 3 fully saturated rings. The lowest BCUT2D eigenvalue weighted by atomic mass is 9.88. The molecule has 6 nitrogen and oxygen atoms in total. The lowest BCUT2D eigenvalue weighted by Gasteiger charge is -2.32. The molecule has 0 aromatic heterocycles. The second-order valence-corrected chi connectivity index (χ2v) is 9.61. The standard InChI is InChI=1S/C25H38N4O2/c1-28(16-8-14-21-18-22(27-26-21)19-10-4-2-5-11-19)25(31)23-15-9-17-29(23)24(30)20-12-6-3-7-13-20/h2,4-5,10-11,20-23,26-27H,3,6-9,12-18H2,1H3. The van der Waals surface area contributed by atoms with Crippen molar-refractivity contribution < 1.29 is 9.59 Å². The van der Waals surface area contributed by atoms with Crippen molar-refractivity contribution in [1.29, 1.82) is 0 Å². The third-order valence-corrected chi connectivity index (χ3v) is 7.38. The van der Waals surface area contributed by atoms with Crippen molar-refractivity contribution in [3.63, 3.8) is 0 Å². The molecule has 0 bridgehead atoms. The zero-order valence-electron chi connectivity index (χ0n) is 18.9. The topological polar surface area (TPSA) is 64.7 Å². The molecule has 1 aromatic rings. The van der Waals surface area contributed by atoms with Crippen LogP contribution in [0.25, 0.3) is 0 Å². The molecule has 31 heavy (non-hydrogen) atoms. The zero-order valence-corrected chi connectivity index (χ0v) is 18.9. The molecule has 1 aromatic carbocycles. The Kier molecular flexibility index (Phi) is 7.62. The molecule has 1 aliphatic carbocycles. The third-order valence-electron chi connectivity index (χ3n) is 7.38. The number of hydrogen-bond donors (Lipinski definition) is 2. The predicted molar refractivity (Wildman–Crippen MR) is 122 cm³/mol. The molecular weight excluding hydrogens is 388 g/mol. The minimum absolute atomic E-state index is 0.126. The summed E-state index contributed by atoms with van der Waals surface area (Å²) < 4.78 is 0. The molecule has 2 aliphatic heterocycles. The molecule has 2 N–H and O–H groups in total. The summed E-state index contributed by atoms with van der Waals surface area (Å²) in [7, 11) is 1.90. The van der Waals surface area contributed by atoms with Crippen molar-refractivity contribution in [3.8, 4) is 0 Å². The Labute approximate surface area is 186 Å². The van der Waals surface area contributed by atoms with Crippen LogP contribution >= 0.6 is 0 Å². The number of carbonyl (C=O) groups excluding carboxylic acids is 2. The zero-order chi connectivity index (χ0) is 21.6. The average Bonchev–Trinajstić information content (AvgIpc) is 3.49. The molecule has 3 atom stereocenters. The molecule has 4 rings (SSSR count). The van der Waals surface area contributed by atoms with Gasteiger partial charge in [0.2, 0.25) is 11.8 Å². The van der Waals surface area contributed by atoms with Gasteiger partial charge in [-0.3, -0.25) is 20.4 Å². The lowest BCUT2D eigenvalue weighted by Crippen LogP contribution is -2.48. The molecular formula is C25H38N4O2. The maximum absolute atomic E-state index is 13.1. The number of likely N-dealkylation sites (N-methyl/N-ethyl adjacent to an activating group) is 1. The van der Waals surface area contributed by atoms with E-state index in [9.17, 15) is 9.59 Å². The van der Waals surface area contributed by atoms with Crippen LogP contribution in [-0.4, -0.2) is 53.8 Å². The monoisotopic (exact) mass is 426 g/mol. The van der Waals surface area contributed by atoms with Gasteiger partial charge in [0.1, 0.15) is 6.04 Å². The molecule has 3 aliphatic rings. The minimum atomic E-state index is -0.242. The summed E-state index contributed by atoms with van der Waals surface area (Å²) >= 11 is 0. The van der Waals surface area contributed by atoms with Crippen LogP contribution in [0.3, 0.4) is 0 Å². The van der Waals surface area contributed by atoms with Gasteiger partial charge < -0.3 is 9.80 Å². The lowest BCUT2D eigenvalue weighted by molar-refractivity contribution is -0.146. The summed E-state index contributed by atoms with van der Waals surface area (Å²) in [6.45, 7) is 1.49. The maximum atomic E-state index is 13.1. The van der Waals surface area contributed by atoms with Crippen LogP contribution in [0.1, 0.15) is 75.8 Å². The SMILES string of the molecule is CN(CCCC1CC(c2ccccc2)NN1)C(=O)C1CCCN1C(=O)C1CCCCC1. The van der Waals surface area contributed by atoms with Gasteiger partial charge in [0, 0.05) is 38.1 Å². The smallest absolute Gasteiger partial charge is 0.245 e. The van der Waals surface area contributed by atoms with Gasteiger partial charge in [-0.1, -0.05) is 49.6 Å². The van der Waals surface area contributed by atoms with Crippen molar-refractivity contribution in [2.24, 2.45) is 5.92 Å². The summed E-state index contributed by atoms with van der Waals surface area (Å²) in [5.41, 5.74) is 8.13. The second-order valence-electron chi connectivity index (χ2n) is 9.61. The number of nitrogens with one attached hydrogen (secondary N) is 2. The third kappa shape index (κ3) is 5.47. The number of benzene rings is 1. The number of hydrogen-bond acceptors (Lipinski definition) is 4. The normalized spacial score (nSPS) is 26.9. The maximum Gasteiger partial charge on any atom is 0.245 e. The Bertz CT molecular complexity index is 734. The van der Waals surface area contributed by atoms with Gasteiger partial charge in [-0.25, -0.2) is 0 Å². The van der Waals surface area contributed by atoms with Gasteiger partial charge in [0.15, 0.2) is 0 Å². The molecule has 0 radical (unpaired) electrons. The number of hydrazine groups is 1. The van der Waals surface area contributed by atoms with Gasteiger partial charge >= 0.3 is 0 Å². The van der Waals surface area contributed by atoms with Gasteiger partial charge in [-0.15, -0.1) is 0 Å². The summed E-state index contributed by atoms with van der Waals surface area (Å²) in [5.74, 6) is 0.504. The van der Waals surface area contributed by atoms with Crippen LogP contribution in [-0.2, 0) is 9.59 Å². The van der Waals surface area contributed by atoms with Crippen molar-refractivity contribution in [2.45, 2.75) is 82.3 Å². The van der Waals surface area contributed by atoms with Crippen LogP contribution in [0.4, 0.5) is 0 Å². The van der Waals surface area contributed by atoms with E-state index in [1.807, 2.05) is 22.9 Å². The predicted octanol–water partition coefficient (Wildman–Crippen LogP) is 3.40. The van der Waals surface area contributed by atoms with E-state index in [1.54, 1.807) is 0 Å². The molecule has 2 heterocycles. The molecule has 3 unspecified atom stereocenters. The first-order valence-electron chi connectivity index (χ1n) is 12.2. The molecule has 1 saturated carbocycles. The quantitative estimate of drug-likeness (QED) is 0.701. The molecule has 6 heteroatoms. The van der Waals surface area contributed by atoms with Gasteiger partial charge in [0.25, 0.3) is 0 Å². The highest BCUT2D eigenvalue weighted by molar-refractivity contribution is 5.89. The van der Waals surface area contributed by atoms with E-state index in [1.165, 1.54) is 12.0 Å². The molecule has 170 valence electrons. The number of rotatable bonds is 7. The fourth-order valence-electron chi connectivity index (χ4n) is 5.53. The van der Waals surface area contributed by atoms with E-state index in [-0.39, 0.29) is 23.8 Å². The fourth-order valence-corrected chi connectivity index (χ4v) is 5.53. The fraction of sp³-hybridized carbons (Fsp3) is 0.680. The Morgan fingerprint density at radius 3 is 2.58 bits per heavy atom. The highest BCUT2D eigenvalue weighted by Gasteiger charge is 2.38. The van der Waals surface area contributed by atoms with Crippen molar-refractivity contribution in [1.82, 2.24) is 20.7 Å². The van der Waals surface area contributed by atoms with E-state index in [2.05, 4.69) is 35.1 Å². The van der Waals surface area contributed by atoms with Gasteiger partial charge in [0.05, 0.1) is 0 Å². The molecule has 2 amide bonds. The van der Waals surface area contributed by atoms with Gasteiger partial charge in [-0.05, 0) is 50.5 Å². The number of likely N-dealkylation sites (tertiary alicyclic amines) is 1. The average molecular weight is 427 g/mol. The largest absolute Gasteiger partial charge is 0.344 e. The van der Waals surface area contributed by atoms with Crippen molar-refractivity contribution in [2.75, 3.05) is 20.1 Å².